The molecule has 0 spiro atoms. The predicted molar refractivity (Wildman–Crippen MR) is 77.5 cm³/mol. The lowest BCUT2D eigenvalue weighted by molar-refractivity contribution is -0.384. The average molecular weight is 273 g/mol. The van der Waals surface area contributed by atoms with E-state index in [2.05, 4.69) is 12.2 Å². The molecule has 1 aromatic rings. The van der Waals surface area contributed by atoms with E-state index in [0.717, 1.165) is 0 Å². The van der Waals surface area contributed by atoms with Gasteiger partial charge in [0.2, 0.25) is 0 Å². The molecule has 1 atom stereocenters. The third-order valence-electron chi connectivity index (χ3n) is 4.06. The first-order valence-corrected chi connectivity index (χ1v) is 7.07. The Balaban J connectivity index is 2.15. The number of nitriles is 1. The maximum absolute atomic E-state index is 11.1. The highest BCUT2D eigenvalue weighted by Crippen LogP contribution is 2.31. The van der Waals surface area contributed by atoms with Crippen molar-refractivity contribution >= 4 is 11.4 Å². The van der Waals surface area contributed by atoms with Gasteiger partial charge in [-0.3, -0.25) is 10.1 Å². The number of nitrogens with zero attached hydrogens (tertiary/aromatic N) is 2. The number of nitrogens with one attached hydrogen (secondary N) is 1. The van der Waals surface area contributed by atoms with Crippen LogP contribution in [0.3, 0.4) is 0 Å². The van der Waals surface area contributed by atoms with Crippen LogP contribution in [0.2, 0.25) is 0 Å². The van der Waals surface area contributed by atoms with Gasteiger partial charge in [-0.2, -0.15) is 5.26 Å². The lowest BCUT2D eigenvalue weighted by atomic mass is 9.84. The fourth-order valence-electron chi connectivity index (χ4n) is 2.87. The minimum atomic E-state index is -0.434. The lowest BCUT2D eigenvalue weighted by Gasteiger charge is -2.28. The number of hydrogen-bond acceptors (Lipinski definition) is 4. The van der Waals surface area contributed by atoms with Crippen molar-refractivity contribution in [3.05, 3.63) is 33.9 Å². The molecule has 0 heterocycles. The smallest absolute Gasteiger partial charge is 0.293 e. The van der Waals surface area contributed by atoms with Gasteiger partial charge in [0.05, 0.1) is 16.6 Å². The van der Waals surface area contributed by atoms with Crippen LogP contribution in [-0.4, -0.2) is 11.0 Å². The monoisotopic (exact) mass is 273 g/mol. The van der Waals surface area contributed by atoms with Gasteiger partial charge in [0.1, 0.15) is 5.69 Å². The van der Waals surface area contributed by atoms with Crippen molar-refractivity contribution in [3.8, 4) is 6.07 Å². The van der Waals surface area contributed by atoms with Crippen molar-refractivity contribution in [1.82, 2.24) is 0 Å². The Labute approximate surface area is 118 Å². The van der Waals surface area contributed by atoms with Crippen LogP contribution in [0, 0.1) is 27.4 Å². The van der Waals surface area contributed by atoms with Crippen molar-refractivity contribution in [2.75, 3.05) is 5.32 Å². The van der Waals surface area contributed by atoms with Crippen molar-refractivity contribution in [2.45, 2.75) is 45.1 Å². The van der Waals surface area contributed by atoms with E-state index in [4.69, 9.17) is 5.26 Å². The molecule has 1 aliphatic carbocycles. The Morgan fingerprint density at radius 1 is 1.40 bits per heavy atom. The molecular formula is C15H19N3O2. The molecule has 20 heavy (non-hydrogen) atoms. The van der Waals surface area contributed by atoms with Crippen molar-refractivity contribution in [1.29, 1.82) is 5.26 Å². The summed E-state index contributed by atoms with van der Waals surface area (Å²) in [7, 11) is 0. The molecule has 5 nitrogen and oxygen atoms in total. The zero-order chi connectivity index (χ0) is 14.5. The van der Waals surface area contributed by atoms with Gasteiger partial charge in [0, 0.05) is 12.1 Å². The molecule has 1 fully saturated rings. The van der Waals surface area contributed by atoms with E-state index >= 15 is 0 Å². The van der Waals surface area contributed by atoms with Crippen LogP contribution in [0.25, 0.3) is 0 Å². The summed E-state index contributed by atoms with van der Waals surface area (Å²) in [5.41, 5.74) is 0.798. The molecule has 0 aliphatic heterocycles. The second-order valence-corrected chi connectivity index (χ2v) is 5.43. The number of benzene rings is 1. The molecule has 0 amide bonds. The maximum Gasteiger partial charge on any atom is 0.293 e. The van der Waals surface area contributed by atoms with Crippen LogP contribution in [0.1, 0.15) is 44.6 Å². The largest absolute Gasteiger partial charge is 0.377 e. The first-order chi connectivity index (χ1) is 9.61. The van der Waals surface area contributed by atoms with Crippen LogP contribution in [-0.2, 0) is 0 Å². The molecule has 1 aliphatic rings. The first kappa shape index (κ1) is 14.3. The van der Waals surface area contributed by atoms with Gasteiger partial charge in [-0.05, 0) is 37.8 Å². The summed E-state index contributed by atoms with van der Waals surface area (Å²) in [5.74, 6) is 0.569. The van der Waals surface area contributed by atoms with E-state index in [1.807, 2.05) is 6.07 Å². The van der Waals surface area contributed by atoms with E-state index in [1.165, 1.54) is 38.2 Å². The quantitative estimate of drug-likeness (QED) is 0.667. The molecule has 0 radical (unpaired) electrons. The molecule has 0 bridgehead atoms. The molecule has 0 saturated heterocycles. The molecule has 1 unspecified atom stereocenters. The van der Waals surface area contributed by atoms with E-state index in [9.17, 15) is 10.1 Å². The summed E-state index contributed by atoms with van der Waals surface area (Å²) in [5, 5.41) is 23.2. The summed E-state index contributed by atoms with van der Waals surface area (Å²) >= 11 is 0. The van der Waals surface area contributed by atoms with Gasteiger partial charge < -0.3 is 5.32 Å². The van der Waals surface area contributed by atoms with Crippen LogP contribution in [0.15, 0.2) is 18.2 Å². The van der Waals surface area contributed by atoms with Gasteiger partial charge in [-0.15, -0.1) is 0 Å². The standard InChI is InChI=1S/C15H19N3O2/c1-11(13-5-3-2-4-6-13)17-14-8-7-12(10-16)9-15(14)18(19)20/h7-9,11,13,17H,2-6H2,1H3. The fraction of sp³-hybridized carbons (Fsp3) is 0.533. The molecule has 5 heteroatoms. The second-order valence-electron chi connectivity index (χ2n) is 5.43. The Hall–Kier alpha value is -2.09. The van der Waals surface area contributed by atoms with E-state index in [0.29, 0.717) is 17.2 Å². The summed E-state index contributed by atoms with van der Waals surface area (Å²) in [4.78, 5) is 10.7. The minimum Gasteiger partial charge on any atom is -0.377 e. The number of anilines is 1. The Kier molecular flexibility index (Phi) is 4.57. The average Bonchev–Trinajstić information content (AvgIpc) is 2.48. The van der Waals surface area contributed by atoms with E-state index in [-0.39, 0.29) is 11.7 Å². The van der Waals surface area contributed by atoms with Crippen LogP contribution in [0.5, 0.6) is 0 Å². The molecule has 1 aromatic carbocycles. The Morgan fingerprint density at radius 2 is 2.10 bits per heavy atom. The van der Waals surface area contributed by atoms with Gasteiger partial charge in [0.15, 0.2) is 0 Å². The number of nitro groups is 1. The summed E-state index contributed by atoms with van der Waals surface area (Å²) in [6, 6.07) is 6.72. The summed E-state index contributed by atoms with van der Waals surface area (Å²) in [6.07, 6.45) is 6.13. The van der Waals surface area contributed by atoms with Gasteiger partial charge in [0.25, 0.3) is 5.69 Å². The molecular weight excluding hydrogens is 254 g/mol. The van der Waals surface area contributed by atoms with Crippen LogP contribution in [0.4, 0.5) is 11.4 Å². The highest BCUT2D eigenvalue weighted by molar-refractivity contribution is 5.64. The second kappa shape index (κ2) is 6.38. The van der Waals surface area contributed by atoms with Gasteiger partial charge in [-0.25, -0.2) is 0 Å². The number of rotatable bonds is 4. The molecule has 1 N–H and O–H groups in total. The highest BCUT2D eigenvalue weighted by atomic mass is 16.6. The highest BCUT2D eigenvalue weighted by Gasteiger charge is 2.23. The summed E-state index contributed by atoms with van der Waals surface area (Å²) < 4.78 is 0. The third-order valence-corrected chi connectivity index (χ3v) is 4.06. The molecule has 2 rings (SSSR count). The van der Waals surface area contributed by atoms with Crippen molar-refractivity contribution in [3.63, 3.8) is 0 Å². The fourth-order valence-corrected chi connectivity index (χ4v) is 2.87. The van der Waals surface area contributed by atoms with Gasteiger partial charge >= 0.3 is 0 Å². The van der Waals surface area contributed by atoms with Crippen molar-refractivity contribution < 1.29 is 4.92 Å². The first-order valence-electron chi connectivity index (χ1n) is 7.07. The Bertz CT molecular complexity index is 530. The van der Waals surface area contributed by atoms with Gasteiger partial charge in [-0.1, -0.05) is 19.3 Å². The maximum atomic E-state index is 11.1. The topological polar surface area (TPSA) is 79.0 Å². The lowest BCUT2D eigenvalue weighted by Crippen LogP contribution is -2.28. The van der Waals surface area contributed by atoms with Crippen LogP contribution < -0.4 is 5.32 Å². The zero-order valence-electron chi connectivity index (χ0n) is 11.6. The zero-order valence-corrected chi connectivity index (χ0v) is 11.6. The van der Waals surface area contributed by atoms with E-state index in [1.54, 1.807) is 12.1 Å². The normalized spacial score (nSPS) is 17.2. The predicted octanol–water partition coefficient (Wildman–Crippen LogP) is 3.85. The molecule has 0 aromatic heterocycles. The number of hydrogen-bond donors (Lipinski definition) is 1. The summed E-state index contributed by atoms with van der Waals surface area (Å²) in [6.45, 7) is 2.08. The Morgan fingerprint density at radius 3 is 2.70 bits per heavy atom. The van der Waals surface area contributed by atoms with Crippen LogP contribution >= 0.6 is 0 Å². The van der Waals surface area contributed by atoms with Crippen molar-refractivity contribution in [2.24, 2.45) is 5.92 Å². The molecule has 1 saturated carbocycles. The van der Waals surface area contributed by atoms with E-state index < -0.39 is 4.92 Å². The third kappa shape index (κ3) is 3.27. The number of nitro benzene ring substituents is 1. The SMILES string of the molecule is CC(Nc1ccc(C#N)cc1[N+](=O)[O-])C1CCCCC1. The minimum absolute atomic E-state index is 0.0216. The molecule has 106 valence electrons.